The Bertz CT molecular complexity index is 412. The smallest absolute Gasteiger partial charge is 0.338 e. The van der Waals surface area contributed by atoms with E-state index in [1.54, 1.807) is 18.2 Å². The van der Waals surface area contributed by atoms with E-state index in [4.69, 9.17) is 4.74 Å². The van der Waals surface area contributed by atoms with E-state index in [-0.39, 0.29) is 18.5 Å². The number of hydrogen-bond acceptors (Lipinski definition) is 3. The van der Waals surface area contributed by atoms with Gasteiger partial charge in [0.15, 0.2) is 0 Å². The van der Waals surface area contributed by atoms with E-state index < -0.39 is 0 Å². The summed E-state index contributed by atoms with van der Waals surface area (Å²) in [4.78, 5) is 22.0. The maximum Gasteiger partial charge on any atom is 0.338 e. The van der Waals surface area contributed by atoms with Crippen LogP contribution < -0.4 is 5.32 Å². The number of ether oxygens (including phenoxy) is 1. The predicted molar refractivity (Wildman–Crippen MR) is 49.9 cm³/mol. The molecule has 4 nitrogen and oxygen atoms in total. The Morgan fingerprint density at radius 1 is 1.50 bits per heavy atom. The SMILES string of the molecule is CC(=O)Nc1cccc2c1COC2=O. The van der Waals surface area contributed by atoms with Crippen LogP contribution in [-0.2, 0) is 16.1 Å². The number of amides is 1. The van der Waals surface area contributed by atoms with Gasteiger partial charge in [-0.25, -0.2) is 4.79 Å². The quantitative estimate of drug-likeness (QED) is 0.681. The van der Waals surface area contributed by atoms with Crippen molar-refractivity contribution < 1.29 is 14.3 Å². The van der Waals surface area contributed by atoms with Crippen molar-refractivity contribution in [1.29, 1.82) is 0 Å². The van der Waals surface area contributed by atoms with Gasteiger partial charge in [0, 0.05) is 18.2 Å². The van der Waals surface area contributed by atoms with Crippen LogP contribution in [-0.4, -0.2) is 11.9 Å². The molecular weight excluding hydrogens is 182 g/mol. The van der Waals surface area contributed by atoms with E-state index in [9.17, 15) is 9.59 Å². The number of fused-ring (bicyclic) bond motifs is 1. The first kappa shape index (κ1) is 8.74. The molecule has 1 amide bonds. The predicted octanol–water partition coefficient (Wildman–Crippen LogP) is 1.32. The van der Waals surface area contributed by atoms with E-state index in [0.717, 1.165) is 5.56 Å². The second kappa shape index (κ2) is 3.14. The number of hydrogen-bond donors (Lipinski definition) is 1. The number of anilines is 1. The molecule has 0 bridgehead atoms. The van der Waals surface area contributed by atoms with E-state index in [2.05, 4.69) is 5.32 Å². The fourth-order valence-electron chi connectivity index (χ4n) is 1.46. The molecule has 1 heterocycles. The van der Waals surface area contributed by atoms with Crippen molar-refractivity contribution in [2.75, 3.05) is 5.32 Å². The maximum atomic E-state index is 11.2. The Morgan fingerprint density at radius 2 is 2.29 bits per heavy atom. The highest BCUT2D eigenvalue weighted by Gasteiger charge is 2.23. The van der Waals surface area contributed by atoms with E-state index in [1.165, 1.54) is 6.92 Å². The van der Waals surface area contributed by atoms with Gasteiger partial charge < -0.3 is 10.1 Å². The highest BCUT2D eigenvalue weighted by molar-refractivity contribution is 5.98. The van der Waals surface area contributed by atoms with Gasteiger partial charge in [0.05, 0.1) is 5.56 Å². The molecule has 1 aliphatic heterocycles. The number of carbonyl (C=O) groups excluding carboxylic acids is 2. The highest BCUT2D eigenvalue weighted by Crippen LogP contribution is 2.26. The minimum atomic E-state index is -0.327. The molecule has 4 heteroatoms. The van der Waals surface area contributed by atoms with Gasteiger partial charge in [-0.15, -0.1) is 0 Å². The lowest BCUT2D eigenvalue weighted by atomic mass is 10.1. The zero-order valence-corrected chi connectivity index (χ0v) is 7.66. The summed E-state index contributed by atoms with van der Waals surface area (Å²) in [5.74, 6) is -0.482. The lowest BCUT2D eigenvalue weighted by Gasteiger charge is -2.05. The lowest BCUT2D eigenvalue weighted by Crippen LogP contribution is -2.08. The van der Waals surface area contributed by atoms with Gasteiger partial charge in [-0.3, -0.25) is 4.79 Å². The van der Waals surface area contributed by atoms with Crippen LogP contribution >= 0.6 is 0 Å². The molecule has 0 spiro atoms. The topological polar surface area (TPSA) is 55.4 Å². The fourth-order valence-corrected chi connectivity index (χ4v) is 1.46. The van der Waals surface area contributed by atoms with Crippen molar-refractivity contribution in [2.24, 2.45) is 0 Å². The summed E-state index contributed by atoms with van der Waals surface area (Å²) in [5.41, 5.74) is 1.95. The zero-order chi connectivity index (χ0) is 10.1. The van der Waals surface area contributed by atoms with Gasteiger partial charge in [0.25, 0.3) is 0 Å². The van der Waals surface area contributed by atoms with Crippen molar-refractivity contribution in [1.82, 2.24) is 0 Å². The molecular formula is C10H9NO3. The minimum absolute atomic E-state index is 0.155. The molecule has 1 N–H and O–H groups in total. The second-order valence-corrected chi connectivity index (χ2v) is 3.09. The van der Waals surface area contributed by atoms with Crippen LogP contribution in [0.25, 0.3) is 0 Å². The Hall–Kier alpha value is -1.84. The van der Waals surface area contributed by atoms with E-state index in [0.29, 0.717) is 11.3 Å². The molecule has 0 aliphatic carbocycles. The van der Waals surface area contributed by atoms with Gasteiger partial charge in [0.2, 0.25) is 5.91 Å². The molecule has 1 aromatic carbocycles. The van der Waals surface area contributed by atoms with Crippen molar-refractivity contribution >= 4 is 17.6 Å². The third-order valence-corrected chi connectivity index (χ3v) is 2.05. The summed E-state index contributed by atoms with van der Waals surface area (Å²) in [5, 5.41) is 2.65. The van der Waals surface area contributed by atoms with E-state index >= 15 is 0 Å². The minimum Gasteiger partial charge on any atom is -0.457 e. The van der Waals surface area contributed by atoms with Crippen LogP contribution in [0.15, 0.2) is 18.2 Å². The fraction of sp³-hybridized carbons (Fsp3) is 0.200. The lowest BCUT2D eigenvalue weighted by molar-refractivity contribution is -0.114. The molecule has 0 saturated carbocycles. The Labute approximate surface area is 80.9 Å². The second-order valence-electron chi connectivity index (χ2n) is 3.09. The van der Waals surface area contributed by atoms with Crippen LogP contribution in [0.4, 0.5) is 5.69 Å². The van der Waals surface area contributed by atoms with Gasteiger partial charge in [-0.2, -0.15) is 0 Å². The zero-order valence-electron chi connectivity index (χ0n) is 7.66. The Kier molecular flexibility index (Phi) is 1.96. The van der Waals surface area contributed by atoms with Crippen LogP contribution in [0.5, 0.6) is 0 Å². The summed E-state index contributed by atoms with van der Waals surface area (Å²) in [6.45, 7) is 1.67. The molecule has 0 radical (unpaired) electrons. The summed E-state index contributed by atoms with van der Waals surface area (Å²) in [6, 6.07) is 5.16. The normalized spacial score (nSPS) is 13.4. The first-order chi connectivity index (χ1) is 6.68. The van der Waals surface area contributed by atoms with Crippen LogP contribution in [0.1, 0.15) is 22.8 Å². The summed E-state index contributed by atoms with van der Waals surface area (Å²) < 4.78 is 4.86. The van der Waals surface area contributed by atoms with Gasteiger partial charge in [0.1, 0.15) is 6.61 Å². The van der Waals surface area contributed by atoms with Crippen LogP contribution in [0.2, 0.25) is 0 Å². The Balaban J connectivity index is 2.43. The first-order valence-electron chi connectivity index (χ1n) is 4.25. The molecule has 0 aromatic heterocycles. The monoisotopic (exact) mass is 191 g/mol. The standard InChI is InChI=1S/C10H9NO3/c1-6(12)11-9-4-2-3-7-8(9)5-14-10(7)13/h2-4H,5H2,1H3,(H,11,12). The molecule has 2 rings (SSSR count). The molecule has 0 fully saturated rings. The number of esters is 1. The number of carbonyl (C=O) groups is 2. The number of nitrogens with one attached hydrogen (secondary N) is 1. The number of benzene rings is 1. The Morgan fingerprint density at radius 3 is 3.00 bits per heavy atom. The number of rotatable bonds is 1. The van der Waals surface area contributed by atoms with Crippen molar-refractivity contribution in [3.8, 4) is 0 Å². The summed E-state index contributed by atoms with van der Waals surface area (Å²) in [6.07, 6.45) is 0. The number of cyclic esters (lactones) is 1. The van der Waals surface area contributed by atoms with Crippen molar-refractivity contribution in [3.63, 3.8) is 0 Å². The maximum absolute atomic E-state index is 11.2. The van der Waals surface area contributed by atoms with Gasteiger partial charge >= 0.3 is 5.97 Å². The molecule has 0 saturated heterocycles. The van der Waals surface area contributed by atoms with Gasteiger partial charge in [-0.05, 0) is 12.1 Å². The first-order valence-corrected chi connectivity index (χ1v) is 4.25. The van der Waals surface area contributed by atoms with Crippen molar-refractivity contribution in [3.05, 3.63) is 29.3 Å². The average Bonchev–Trinajstić information content (AvgIpc) is 2.49. The summed E-state index contributed by atoms with van der Waals surface area (Å²) in [7, 11) is 0. The largest absolute Gasteiger partial charge is 0.457 e. The molecule has 1 aromatic rings. The van der Waals surface area contributed by atoms with E-state index in [1.807, 2.05) is 0 Å². The molecule has 1 aliphatic rings. The summed E-state index contributed by atoms with van der Waals surface area (Å²) >= 11 is 0. The molecule has 14 heavy (non-hydrogen) atoms. The van der Waals surface area contributed by atoms with Crippen LogP contribution in [0.3, 0.4) is 0 Å². The van der Waals surface area contributed by atoms with Crippen molar-refractivity contribution in [2.45, 2.75) is 13.5 Å². The third kappa shape index (κ3) is 1.35. The molecule has 0 unspecified atom stereocenters. The third-order valence-electron chi connectivity index (χ3n) is 2.05. The molecule has 72 valence electrons. The van der Waals surface area contributed by atoms with Crippen LogP contribution in [0, 0.1) is 0 Å². The molecule has 0 atom stereocenters. The van der Waals surface area contributed by atoms with Gasteiger partial charge in [-0.1, -0.05) is 6.07 Å². The highest BCUT2D eigenvalue weighted by atomic mass is 16.5. The average molecular weight is 191 g/mol.